The van der Waals surface area contributed by atoms with Crippen molar-refractivity contribution in [3.05, 3.63) is 106 Å². The summed E-state index contributed by atoms with van der Waals surface area (Å²) in [5.74, 6) is 0.412. The average Bonchev–Trinajstić information content (AvgIpc) is 3.16. The van der Waals surface area contributed by atoms with E-state index in [-0.39, 0.29) is 11.8 Å². The fraction of sp³-hybridized carbons (Fsp3) is 0.207. The quantitative estimate of drug-likeness (QED) is 0.207. The molecular formula is C29H27Cl3N4. The van der Waals surface area contributed by atoms with Crippen molar-refractivity contribution in [1.29, 1.82) is 0 Å². The molecule has 0 bridgehead atoms. The van der Waals surface area contributed by atoms with E-state index in [4.69, 9.17) is 34.8 Å². The zero-order chi connectivity index (χ0) is 25.8. The van der Waals surface area contributed by atoms with Gasteiger partial charge in [-0.2, -0.15) is 0 Å². The van der Waals surface area contributed by atoms with E-state index in [2.05, 4.69) is 52.8 Å². The molecule has 1 aliphatic carbocycles. The Kier molecular flexibility index (Phi) is 6.32. The lowest BCUT2D eigenvalue weighted by atomic mass is 10.0. The Morgan fingerprint density at radius 1 is 0.944 bits per heavy atom. The summed E-state index contributed by atoms with van der Waals surface area (Å²) in [5, 5.41) is 7.40. The maximum absolute atomic E-state index is 6.70. The van der Waals surface area contributed by atoms with Gasteiger partial charge in [-0.1, -0.05) is 43.0 Å². The van der Waals surface area contributed by atoms with Crippen LogP contribution in [0, 0.1) is 26.7 Å². The van der Waals surface area contributed by atoms with Crippen LogP contribution in [0.3, 0.4) is 0 Å². The second-order valence-electron chi connectivity index (χ2n) is 9.58. The highest BCUT2D eigenvalue weighted by Crippen LogP contribution is 2.67. The van der Waals surface area contributed by atoms with Gasteiger partial charge in [0.2, 0.25) is 5.95 Å². The third-order valence-corrected chi connectivity index (χ3v) is 7.79. The van der Waals surface area contributed by atoms with Crippen molar-refractivity contribution in [3.63, 3.8) is 0 Å². The van der Waals surface area contributed by atoms with Gasteiger partial charge in [0, 0.05) is 39.5 Å². The molecule has 184 valence electrons. The first-order valence-corrected chi connectivity index (χ1v) is 12.8. The van der Waals surface area contributed by atoms with Gasteiger partial charge < -0.3 is 15.6 Å². The third kappa shape index (κ3) is 4.73. The summed E-state index contributed by atoms with van der Waals surface area (Å²) < 4.78 is -0.945. The fourth-order valence-electron chi connectivity index (χ4n) is 4.80. The Balaban J connectivity index is 1.33. The second-order valence-corrected chi connectivity index (χ2v) is 11.5. The first-order valence-electron chi connectivity index (χ1n) is 11.7. The lowest BCUT2D eigenvalue weighted by molar-refractivity contribution is 0.946. The summed E-state index contributed by atoms with van der Waals surface area (Å²) in [6.45, 7) is 14.6. The van der Waals surface area contributed by atoms with Crippen LogP contribution in [0.2, 0.25) is 5.02 Å². The summed E-state index contributed by atoms with van der Waals surface area (Å²) in [6.07, 6.45) is 0. The number of alkyl halides is 2. The molecule has 0 aliphatic heterocycles. The topological polar surface area (TPSA) is 52.7 Å². The molecule has 4 aromatic rings. The molecule has 2 unspecified atom stereocenters. The lowest BCUT2D eigenvalue weighted by Crippen LogP contribution is -2.06. The Morgan fingerprint density at radius 3 is 2.47 bits per heavy atom. The van der Waals surface area contributed by atoms with Gasteiger partial charge in [0.15, 0.2) is 0 Å². The van der Waals surface area contributed by atoms with Gasteiger partial charge in [0.1, 0.15) is 4.33 Å². The molecule has 36 heavy (non-hydrogen) atoms. The van der Waals surface area contributed by atoms with E-state index in [1.807, 2.05) is 56.3 Å². The first kappa shape index (κ1) is 24.8. The van der Waals surface area contributed by atoms with Crippen molar-refractivity contribution >= 4 is 63.2 Å². The highest BCUT2D eigenvalue weighted by Gasteiger charge is 2.65. The summed E-state index contributed by atoms with van der Waals surface area (Å²) in [7, 11) is 0. The monoisotopic (exact) mass is 536 g/mol. The standard InChI is InChI=1S/C29H27Cl3N4/c1-15-6-9-24-25(12-15)36-28(35-24)34-18(4)23-14-22(8-7-17(23)3)33-19(5)26-27(29(26,31)32)20-10-16(2)11-21(30)13-20/h6-14,26-27,33H,4-5H2,1-3H3,(H2,34,35,36). The summed E-state index contributed by atoms with van der Waals surface area (Å²) in [5.41, 5.74) is 9.55. The second kappa shape index (κ2) is 9.19. The number of benzene rings is 3. The largest absolute Gasteiger partial charge is 0.359 e. The first-order chi connectivity index (χ1) is 17.0. The van der Waals surface area contributed by atoms with Gasteiger partial charge in [-0.15, -0.1) is 23.2 Å². The summed E-state index contributed by atoms with van der Waals surface area (Å²) in [6, 6.07) is 18.1. The predicted molar refractivity (Wildman–Crippen MR) is 154 cm³/mol. The van der Waals surface area contributed by atoms with Crippen LogP contribution >= 0.6 is 34.8 Å². The number of aromatic amines is 1. The normalized spacial score (nSPS) is 18.2. The minimum Gasteiger partial charge on any atom is -0.359 e. The molecule has 0 spiro atoms. The van der Waals surface area contributed by atoms with E-state index >= 15 is 0 Å². The number of rotatable bonds is 7. The number of fused-ring (bicyclic) bond motifs is 1. The lowest BCUT2D eigenvalue weighted by Gasteiger charge is -2.15. The van der Waals surface area contributed by atoms with Crippen molar-refractivity contribution in [2.75, 3.05) is 10.6 Å². The van der Waals surface area contributed by atoms with Gasteiger partial charge in [-0.05, 0) is 79.4 Å². The highest BCUT2D eigenvalue weighted by molar-refractivity contribution is 6.52. The van der Waals surface area contributed by atoms with Crippen molar-refractivity contribution in [2.45, 2.75) is 31.0 Å². The third-order valence-electron chi connectivity index (χ3n) is 6.63. The van der Waals surface area contributed by atoms with Gasteiger partial charge in [-0.25, -0.2) is 4.98 Å². The van der Waals surface area contributed by atoms with Crippen molar-refractivity contribution in [3.8, 4) is 0 Å². The number of nitrogens with zero attached hydrogens (tertiary/aromatic N) is 1. The number of anilines is 2. The number of allylic oxidation sites excluding steroid dienone is 1. The van der Waals surface area contributed by atoms with Gasteiger partial charge in [0.25, 0.3) is 0 Å². The SMILES string of the molecule is C=C(Nc1nc2ccc(C)cc2[nH]1)c1cc(NC(=C)C2C(c3cc(C)cc(Cl)c3)C2(Cl)Cl)ccc1C. The minimum absolute atomic E-state index is 0.0866. The molecule has 0 radical (unpaired) electrons. The minimum atomic E-state index is -0.945. The van der Waals surface area contributed by atoms with E-state index < -0.39 is 4.33 Å². The van der Waals surface area contributed by atoms with E-state index in [0.717, 1.165) is 50.4 Å². The average molecular weight is 538 g/mol. The molecule has 1 saturated carbocycles. The zero-order valence-electron chi connectivity index (χ0n) is 20.3. The Labute approximate surface area is 226 Å². The molecule has 0 saturated heterocycles. The number of hydrogen-bond donors (Lipinski definition) is 3. The fourth-order valence-corrected chi connectivity index (χ4v) is 5.99. The van der Waals surface area contributed by atoms with Crippen molar-refractivity contribution in [1.82, 2.24) is 9.97 Å². The van der Waals surface area contributed by atoms with Crippen LogP contribution in [0.5, 0.6) is 0 Å². The number of aromatic nitrogens is 2. The van der Waals surface area contributed by atoms with E-state index in [0.29, 0.717) is 11.0 Å². The van der Waals surface area contributed by atoms with Crippen LogP contribution in [0.1, 0.15) is 33.7 Å². The van der Waals surface area contributed by atoms with Crippen LogP contribution < -0.4 is 10.6 Å². The molecule has 7 heteroatoms. The van der Waals surface area contributed by atoms with E-state index in [1.54, 1.807) is 0 Å². The Morgan fingerprint density at radius 2 is 1.72 bits per heavy atom. The number of H-pyrrole nitrogens is 1. The molecule has 1 heterocycles. The smallest absolute Gasteiger partial charge is 0.205 e. The number of aryl methyl sites for hydroxylation is 3. The Bertz CT molecular complexity index is 1500. The molecule has 3 aromatic carbocycles. The van der Waals surface area contributed by atoms with Gasteiger partial charge in [-0.3, -0.25) is 0 Å². The van der Waals surface area contributed by atoms with Crippen LogP contribution in [-0.4, -0.2) is 14.3 Å². The van der Waals surface area contributed by atoms with E-state index in [9.17, 15) is 0 Å². The molecule has 3 N–H and O–H groups in total. The number of imidazole rings is 1. The number of nitrogens with one attached hydrogen (secondary N) is 3. The molecule has 2 atom stereocenters. The van der Waals surface area contributed by atoms with E-state index in [1.165, 1.54) is 5.56 Å². The van der Waals surface area contributed by atoms with Crippen LogP contribution in [0.4, 0.5) is 11.6 Å². The Hall–Kier alpha value is -2.92. The number of halogens is 3. The molecule has 5 rings (SSSR count). The molecule has 1 aromatic heterocycles. The van der Waals surface area contributed by atoms with Crippen molar-refractivity contribution in [2.24, 2.45) is 5.92 Å². The molecule has 0 amide bonds. The maximum Gasteiger partial charge on any atom is 0.205 e. The van der Waals surface area contributed by atoms with Crippen LogP contribution in [-0.2, 0) is 0 Å². The van der Waals surface area contributed by atoms with Crippen LogP contribution in [0.15, 0.2) is 73.5 Å². The molecular weight excluding hydrogens is 511 g/mol. The van der Waals surface area contributed by atoms with Crippen molar-refractivity contribution < 1.29 is 0 Å². The van der Waals surface area contributed by atoms with Crippen LogP contribution in [0.25, 0.3) is 16.7 Å². The van der Waals surface area contributed by atoms with Gasteiger partial charge in [0.05, 0.1) is 11.0 Å². The summed E-state index contributed by atoms with van der Waals surface area (Å²) >= 11 is 19.7. The maximum atomic E-state index is 6.70. The molecule has 1 aliphatic rings. The molecule has 4 nitrogen and oxygen atoms in total. The highest BCUT2D eigenvalue weighted by atomic mass is 35.5. The molecule has 1 fully saturated rings. The predicted octanol–water partition coefficient (Wildman–Crippen LogP) is 8.74. The zero-order valence-corrected chi connectivity index (χ0v) is 22.6. The number of hydrogen-bond acceptors (Lipinski definition) is 3. The van der Waals surface area contributed by atoms with Gasteiger partial charge >= 0.3 is 0 Å². The summed E-state index contributed by atoms with van der Waals surface area (Å²) in [4.78, 5) is 7.93.